The predicted octanol–water partition coefficient (Wildman–Crippen LogP) is 1.76. The number of hydrogen-bond donors (Lipinski definition) is 1. The maximum atomic E-state index is 5.64. The van der Waals surface area contributed by atoms with Gasteiger partial charge in [0, 0.05) is 12.7 Å². The number of nitrogens with zero attached hydrogens (tertiary/aromatic N) is 2. The predicted molar refractivity (Wildman–Crippen MR) is 59.8 cm³/mol. The molecule has 1 N–H and O–H groups in total. The highest BCUT2D eigenvalue weighted by atomic mass is 16.5. The van der Waals surface area contributed by atoms with Crippen LogP contribution >= 0.6 is 0 Å². The molecular formula is C11H19N3O. The maximum Gasteiger partial charge on any atom is 0.232 e. The van der Waals surface area contributed by atoms with E-state index in [2.05, 4.69) is 29.1 Å². The second kappa shape index (κ2) is 6.35. The Morgan fingerprint density at radius 1 is 1.47 bits per heavy atom. The van der Waals surface area contributed by atoms with Crippen molar-refractivity contribution in [2.24, 2.45) is 0 Å². The molecule has 15 heavy (non-hydrogen) atoms. The summed E-state index contributed by atoms with van der Waals surface area (Å²) in [6, 6.07) is 0. The van der Waals surface area contributed by atoms with Gasteiger partial charge in [-0.2, -0.15) is 0 Å². The molecule has 0 radical (unpaired) electrons. The smallest absolute Gasteiger partial charge is 0.232 e. The highest BCUT2D eigenvalue weighted by Gasteiger charge is 2.04. The van der Waals surface area contributed by atoms with Gasteiger partial charge in [0.25, 0.3) is 0 Å². The van der Waals surface area contributed by atoms with E-state index >= 15 is 0 Å². The number of hydrogen-bond acceptors (Lipinski definition) is 4. The summed E-state index contributed by atoms with van der Waals surface area (Å²) in [6.07, 6.45) is 5.76. The summed E-state index contributed by atoms with van der Waals surface area (Å²) in [4.78, 5) is 8.43. The third kappa shape index (κ3) is 4.25. The van der Waals surface area contributed by atoms with Crippen LogP contribution in [0.4, 0.5) is 0 Å². The summed E-state index contributed by atoms with van der Waals surface area (Å²) in [5, 5.41) is 3.03. The first-order chi connectivity index (χ1) is 7.26. The van der Waals surface area contributed by atoms with Crippen LogP contribution in [0.1, 0.15) is 32.4 Å². The van der Waals surface area contributed by atoms with Crippen LogP contribution in [0, 0.1) is 0 Å². The van der Waals surface area contributed by atoms with Crippen molar-refractivity contribution in [1.82, 2.24) is 15.3 Å². The van der Waals surface area contributed by atoms with E-state index in [0.717, 1.165) is 18.5 Å². The van der Waals surface area contributed by atoms with Gasteiger partial charge in [0.05, 0.1) is 18.0 Å². The molecule has 0 saturated heterocycles. The van der Waals surface area contributed by atoms with Crippen molar-refractivity contribution in [3.63, 3.8) is 0 Å². The van der Waals surface area contributed by atoms with Crippen molar-refractivity contribution >= 4 is 0 Å². The third-order valence-electron chi connectivity index (χ3n) is 2.04. The lowest BCUT2D eigenvalue weighted by molar-refractivity contribution is 0.200. The Morgan fingerprint density at radius 3 is 2.93 bits per heavy atom. The van der Waals surface area contributed by atoms with E-state index in [4.69, 9.17) is 4.74 Å². The zero-order valence-electron chi connectivity index (χ0n) is 9.66. The van der Waals surface area contributed by atoms with E-state index in [-0.39, 0.29) is 6.10 Å². The molecule has 0 spiro atoms. The van der Waals surface area contributed by atoms with Crippen LogP contribution in [-0.4, -0.2) is 23.1 Å². The first-order valence-corrected chi connectivity index (χ1v) is 5.38. The fourth-order valence-corrected chi connectivity index (χ4v) is 1.38. The molecule has 1 atom stereocenters. The molecule has 0 aliphatic rings. The van der Waals surface area contributed by atoms with Crippen LogP contribution in [0.5, 0.6) is 5.88 Å². The number of ether oxygens (including phenoxy) is 1. The SMILES string of the molecule is CCCC(C)Oc1cncc(CNC)n1. The van der Waals surface area contributed by atoms with E-state index in [1.165, 1.54) is 0 Å². The van der Waals surface area contributed by atoms with Gasteiger partial charge in [-0.05, 0) is 20.4 Å². The third-order valence-corrected chi connectivity index (χ3v) is 2.04. The zero-order valence-corrected chi connectivity index (χ0v) is 9.66. The van der Waals surface area contributed by atoms with E-state index in [1.54, 1.807) is 12.4 Å². The zero-order chi connectivity index (χ0) is 11.1. The van der Waals surface area contributed by atoms with Crippen LogP contribution < -0.4 is 10.1 Å². The number of rotatable bonds is 6. The molecular weight excluding hydrogens is 190 g/mol. The average molecular weight is 209 g/mol. The number of aromatic nitrogens is 2. The number of nitrogens with one attached hydrogen (secondary N) is 1. The monoisotopic (exact) mass is 209 g/mol. The fourth-order valence-electron chi connectivity index (χ4n) is 1.38. The molecule has 1 aromatic rings. The van der Waals surface area contributed by atoms with E-state index < -0.39 is 0 Å². The highest BCUT2D eigenvalue weighted by Crippen LogP contribution is 2.10. The minimum atomic E-state index is 0.203. The molecule has 0 aliphatic heterocycles. The summed E-state index contributed by atoms with van der Waals surface area (Å²) in [7, 11) is 1.88. The molecule has 4 heteroatoms. The second-order valence-corrected chi connectivity index (χ2v) is 3.60. The molecule has 1 unspecified atom stereocenters. The topological polar surface area (TPSA) is 47.0 Å². The lowest BCUT2D eigenvalue weighted by Crippen LogP contribution is -2.14. The Hall–Kier alpha value is -1.16. The molecule has 0 saturated carbocycles. The Bertz CT molecular complexity index is 291. The Labute approximate surface area is 91.1 Å². The van der Waals surface area contributed by atoms with E-state index in [1.807, 2.05) is 7.05 Å². The molecule has 1 aromatic heterocycles. The summed E-state index contributed by atoms with van der Waals surface area (Å²) in [6.45, 7) is 4.91. The molecule has 1 rings (SSSR count). The van der Waals surface area contributed by atoms with Gasteiger partial charge in [0.2, 0.25) is 5.88 Å². The lowest BCUT2D eigenvalue weighted by Gasteiger charge is -2.12. The first kappa shape index (κ1) is 11.9. The first-order valence-electron chi connectivity index (χ1n) is 5.38. The summed E-state index contributed by atoms with van der Waals surface area (Å²) in [5.74, 6) is 0.615. The molecule has 0 bridgehead atoms. The van der Waals surface area contributed by atoms with Crippen molar-refractivity contribution in [3.05, 3.63) is 18.1 Å². The minimum Gasteiger partial charge on any atom is -0.474 e. The summed E-state index contributed by atoms with van der Waals surface area (Å²) in [5.41, 5.74) is 0.902. The van der Waals surface area contributed by atoms with Gasteiger partial charge in [0.1, 0.15) is 0 Å². The van der Waals surface area contributed by atoms with E-state index in [0.29, 0.717) is 12.4 Å². The normalized spacial score (nSPS) is 12.5. The van der Waals surface area contributed by atoms with Crippen LogP contribution in [0.2, 0.25) is 0 Å². The molecule has 4 nitrogen and oxygen atoms in total. The quantitative estimate of drug-likeness (QED) is 0.775. The average Bonchev–Trinajstić information content (AvgIpc) is 2.19. The highest BCUT2D eigenvalue weighted by molar-refractivity contribution is 5.08. The lowest BCUT2D eigenvalue weighted by atomic mass is 10.2. The Kier molecular flexibility index (Phi) is 5.04. The molecule has 0 amide bonds. The van der Waals surface area contributed by atoms with Crippen molar-refractivity contribution in [1.29, 1.82) is 0 Å². The van der Waals surface area contributed by atoms with Crippen molar-refractivity contribution < 1.29 is 4.74 Å². The fraction of sp³-hybridized carbons (Fsp3) is 0.636. The molecule has 0 aromatic carbocycles. The molecule has 1 heterocycles. The second-order valence-electron chi connectivity index (χ2n) is 3.60. The molecule has 0 aliphatic carbocycles. The van der Waals surface area contributed by atoms with Crippen molar-refractivity contribution in [2.75, 3.05) is 7.05 Å². The Morgan fingerprint density at radius 2 is 2.27 bits per heavy atom. The summed E-state index contributed by atoms with van der Waals surface area (Å²) < 4.78 is 5.64. The van der Waals surface area contributed by atoms with Crippen LogP contribution in [0.25, 0.3) is 0 Å². The van der Waals surface area contributed by atoms with Gasteiger partial charge >= 0.3 is 0 Å². The largest absolute Gasteiger partial charge is 0.474 e. The van der Waals surface area contributed by atoms with Crippen molar-refractivity contribution in [2.45, 2.75) is 39.3 Å². The van der Waals surface area contributed by atoms with Gasteiger partial charge in [-0.1, -0.05) is 13.3 Å². The van der Waals surface area contributed by atoms with Gasteiger partial charge in [-0.15, -0.1) is 0 Å². The summed E-state index contributed by atoms with van der Waals surface area (Å²) >= 11 is 0. The Balaban J connectivity index is 2.56. The van der Waals surface area contributed by atoms with Crippen LogP contribution in [0.15, 0.2) is 12.4 Å². The van der Waals surface area contributed by atoms with Gasteiger partial charge in [0.15, 0.2) is 0 Å². The maximum absolute atomic E-state index is 5.64. The molecule has 0 fully saturated rings. The van der Waals surface area contributed by atoms with Crippen LogP contribution in [-0.2, 0) is 6.54 Å². The van der Waals surface area contributed by atoms with Gasteiger partial charge < -0.3 is 10.1 Å². The van der Waals surface area contributed by atoms with Crippen molar-refractivity contribution in [3.8, 4) is 5.88 Å². The van der Waals surface area contributed by atoms with Gasteiger partial charge in [-0.3, -0.25) is 4.98 Å². The standard InChI is InChI=1S/C11H19N3O/c1-4-5-9(2)15-11-8-13-7-10(14-11)6-12-3/h7-9,12H,4-6H2,1-3H3. The van der Waals surface area contributed by atoms with Crippen LogP contribution in [0.3, 0.4) is 0 Å². The minimum absolute atomic E-state index is 0.203. The van der Waals surface area contributed by atoms with Gasteiger partial charge in [-0.25, -0.2) is 4.98 Å². The molecule has 84 valence electrons. The van der Waals surface area contributed by atoms with E-state index in [9.17, 15) is 0 Å².